The van der Waals surface area contributed by atoms with Crippen LogP contribution in [0.15, 0.2) is 179 Å². The van der Waals surface area contributed by atoms with E-state index >= 15 is 0 Å². The summed E-state index contributed by atoms with van der Waals surface area (Å²) in [7, 11) is 7.91. The van der Waals surface area contributed by atoms with Gasteiger partial charge in [-0.1, -0.05) is 129 Å². The molecule has 66 heavy (non-hydrogen) atoms. The summed E-state index contributed by atoms with van der Waals surface area (Å²) in [4.78, 5) is 14.0. The van der Waals surface area contributed by atoms with E-state index in [2.05, 4.69) is 56.1 Å². The fraction of sp³-hybridized carbons (Fsp3) is 0.250. The van der Waals surface area contributed by atoms with Gasteiger partial charge in [0.25, 0.3) is 0 Å². The Morgan fingerprint density at radius 2 is 0.879 bits per heavy atom. The number of rotatable bonds is 16. The Morgan fingerprint density at radius 1 is 0.485 bits per heavy atom. The van der Waals surface area contributed by atoms with Crippen LogP contribution in [0.2, 0.25) is 0 Å². The summed E-state index contributed by atoms with van der Waals surface area (Å²) in [5, 5.41) is 26.7. The fourth-order valence-corrected chi connectivity index (χ4v) is 9.45. The molecule has 0 amide bonds. The van der Waals surface area contributed by atoms with E-state index in [-0.39, 0.29) is 23.5 Å². The third-order valence-corrected chi connectivity index (χ3v) is 13.3. The number of nitrogens with zero attached hydrogens (tertiary/aromatic N) is 4. The molecule has 0 aliphatic carbocycles. The molecule has 2 aromatic heterocycles. The van der Waals surface area contributed by atoms with Crippen LogP contribution in [0.1, 0.15) is 58.3 Å². The smallest absolute Gasteiger partial charge is 0.123 e. The van der Waals surface area contributed by atoms with Gasteiger partial charge in [0.1, 0.15) is 11.6 Å². The molecule has 6 nitrogen and oxygen atoms in total. The number of fused-ring (bicyclic) bond motifs is 2. The maximum absolute atomic E-state index is 14.3. The average molecular weight is 1010 g/mol. The van der Waals surface area contributed by atoms with Crippen LogP contribution >= 0.6 is 31.9 Å². The first-order valence-corrected chi connectivity index (χ1v) is 23.8. The molecule has 2 unspecified atom stereocenters. The highest BCUT2D eigenvalue weighted by molar-refractivity contribution is 9.10. The minimum Gasteiger partial charge on any atom is -0.384 e. The Bertz CT molecular complexity index is 2660. The van der Waals surface area contributed by atoms with Crippen molar-refractivity contribution in [1.29, 1.82) is 0 Å². The highest BCUT2D eigenvalue weighted by Crippen LogP contribution is 2.44. The van der Waals surface area contributed by atoms with Crippen molar-refractivity contribution in [2.24, 2.45) is 0 Å². The van der Waals surface area contributed by atoms with E-state index in [0.717, 1.165) is 53.3 Å². The second kappa shape index (κ2) is 22.1. The third-order valence-electron chi connectivity index (χ3n) is 12.3. The molecule has 10 heteroatoms. The quantitative estimate of drug-likeness (QED) is 0.100. The lowest BCUT2D eigenvalue weighted by atomic mass is 9.73. The van der Waals surface area contributed by atoms with E-state index in [9.17, 15) is 19.0 Å². The predicted molar refractivity (Wildman–Crippen MR) is 272 cm³/mol. The number of hydrogen-bond acceptors (Lipinski definition) is 6. The van der Waals surface area contributed by atoms with E-state index in [4.69, 9.17) is 9.97 Å². The number of hydrogen-bond donors (Lipinski definition) is 2. The van der Waals surface area contributed by atoms with Crippen LogP contribution < -0.4 is 0 Å². The average Bonchev–Trinajstić information content (AvgIpc) is 3.31. The van der Waals surface area contributed by atoms with Crippen LogP contribution in [-0.4, -0.2) is 71.3 Å². The van der Waals surface area contributed by atoms with Gasteiger partial charge in [-0.05, 0) is 149 Å². The normalized spacial score (nSPS) is 14.4. The van der Waals surface area contributed by atoms with Crippen molar-refractivity contribution in [3.8, 4) is 0 Å². The SMILES string of the molecule is CN(C)CC[C@@](O)(c1cccc(F)c1)C(Cc1ccccc1)c1ccc2cc(Br)ccc2n1.CN(C)CC[C@](O)(c1cccc(F)c1)C(Cc1ccccc1)c1ccc2cc(Br)ccc2n1. The Morgan fingerprint density at radius 3 is 1.24 bits per heavy atom. The van der Waals surface area contributed by atoms with Crippen molar-refractivity contribution in [3.63, 3.8) is 0 Å². The van der Waals surface area contributed by atoms with Crippen molar-refractivity contribution in [3.05, 3.63) is 224 Å². The molecule has 6 aromatic carbocycles. The van der Waals surface area contributed by atoms with Crippen LogP contribution in [0.5, 0.6) is 0 Å². The number of aliphatic hydroxyl groups is 2. The molecule has 0 bridgehead atoms. The zero-order valence-electron chi connectivity index (χ0n) is 37.8. The molecule has 0 aliphatic heterocycles. The first kappa shape index (κ1) is 48.7. The molecule has 0 saturated heterocycles. The summed E-state index contributed by atoms with van der Waals surface area (Å²) < 4.78 is 30.6. The summed E-state index contributed by atoms with van der Waals surface area (Å²) in [6.45, 7) is 1.30. The van der Waals surface area contributed by atoms with Crippen LogP contribution in [-0.2, 0) is 24.0 Å². The second-order valence-corrected chi connectivity index (χ2v) is 19.4. The second-order valence-electron chi connectivity index (χ2n) is 17.6. The van der Waals surface area contributed by atoms with Crippen molar-refractivity contribution in [2.75, 3.05) is 41.3 Å². The lowest BCUT2D eigenvalue weighted by Crippen LogP contribution is -2.38. The summed E-state index contributed by atoms with van der Waals surface area (Å²) in [6.07, 6.45) is 2.05. The zero-order chi connectivity index (χ0) is 46.8. The minimum atomic E-state index is -1.31. The third kappa shape index (κ3) is 12.2. The molecule has 0 saturated carbocycles. The molecular formula is C56H56Br2F2N4O2. The maximum Gasteiger partial charge on any atom is 0.123 e. The van der Waals surface area contributed by atoms with Gasteiger partial charge in [-0.15, -0.1) is 0 Å². The van der Waals surface area contributed by atoms with Gasteiger partial charge >= 0.3 is 0 Å². The molecule has 4 atom stereocenters. The van der Waals surface area contributed by atoms with Gasteiger partial charge in [-0.2, -0.15) is 0 Å². The Hall–Kier alpha value is -5.20. The van der Waals surface area contributed by atoms with E-state index in [1.807, 2.05) is 147 Å². The predicted octanol–water partition coefficient (Wildman–Crippen LogP) is 12.6. The summed E-state index contributed by atoms with van der Waals surface area (Å²) >= 11 is 7.04. The molecule has 0 aliphatic rings. The standard InChI is InChI=1S/2C28H28BrFN2O/c2*1-32(2)16-15-28(33,22-9-6-10-24(30)19-22)25(17-20-7-4-3-5-8-20)27-13-11-21-18-23(29)12-14-26(21)31-27/h2*3-14,18-19,25,33H,15-17H2,1-2H3/t2*25?,28-/m10/s1. The highest BCUT2D eigenvalue weighted by Gasteiger charge is 2.42. The zero-order valence-corrected chi connectivity index (χ0v) is 40.9. The molecule has 8 rings (SSSR count). The number of halogens is 4. The van der Waals surface area contributed by atoms with E-state index < -0.39 is 11.2 Å². The van der Waals surface area contributed by atoms with E-state index in [0.29, 0.717) is 49.9 Å². The largest absolute Gasteiger partial charge is 0.384 e. The fourth-order valence-electron chi connectivity index (χ4n) is 8.69. The Labute approximate surface area is 404 Å². The molecule has 0 spiro atoms. The van der Waals surface area contributed by atoms with Crippen molar-refractivity contribution in [2.45, 2.75) is 48.7 Å². The summed E-state index contributed by atoms with van der Waals surface area (Å²) in [5.41, 5.74) is 4.03. The molecule has 8 aromatic rings. The number of pyridine rings is 2. The Balaban J connectivity index is 0.000000196. The van der Waals surface area contributed by atoms with Gasteiger partial charge in [0.15, 0.2) is 0 Å². The molecular weight excluding hydrogens is 958 g/mol. The molecule has 0 radical (unpaired) electrons. The summed E-state index contributed by atoms with van der Waals surface area (Å²) in [5.74, 6) is -1.44. The first-order valence-electron chi connectivity index (χ1n) is 22.2. The van der Waals surface area contributed by atoms with E-state index in [1.165, 1.54) is 24.3 Å². The molecule has 340 valence electrons. The molecule has 2 N–H and O–H groups in total. The van der Waals surface area contributed by atoms with Crippen molar-refractivity contribution in [1.82, 2.24) is 19.8 Å². The van der Waals surface area contributed by atoms with Crippen molar-refractivity contribution < 1.29 is 19.0 Å². The van der Waals surface area contributed by atoms with Crippen LogP contribution in [0, 0.1) is 11.6 Å². The van der Waals surface area contributed by atoms with Gasteiger partial charge in [0.2, 0.25) is 0 Å². The van der Waals surface area contributed by atoms with Crippen LogP contribution in [0.25, 0.3) is 21.8 Å². The molecule has 2 heterocycles. The van der Waals surface area contributed by atoms with Gasteiger partial charge in [-0.25, -0.2) is 8.78 Å². The van der Waals surface area contributed by atoms with Crippen molar-refractivity contribution >= 4 is 53.7 Å². The summed E-state index contributed by atoms with van der Waals surface area (Å²) in [6, 6.07) is 52.9. The van der Waals surface area contributed by atoms with Gasteiger partial charge in [0, 0.05) is 56.0 Å². The minimum absolute atomic E-state index is 0.356. The highest BCUT2D eigenvalue weighted by atomic mass is 79.9. The maximum atomic E-state index is 14.3. The molecule has 0 fully saturated rings. The lowest BCUT2D eigenvalue weighted by Gasteiger charge is -2.38. The van der Waals surface area contributed by atoms with Gasteiger partial charge < -0.3 is 20.0 Å². The topological polar surface area (TPSA) is 72.7 Å². The van der Waals surface area contributed by atoms with E-state index in [1.54, 1.807) is 12.1 Å². The Kier molecular flexibility index (Phi) is 16.3. The monoisotopic (exact) mass is 1010 g/mol. The van der Waals surface area contributed by atoms with Crippen LogP contribution in [0.3, 0.4) is 0 Å². The first-order chi connectivity index (χ1) is 31.7. The number of aromatic nitrogens is 2. The van der Waals surface area contributed by atoms with Gasteiger partial charge in [-0.3, -0.25) is 9.97 Å². The lowest BCUT2D eigenvalue weighted by molar-refractivity contribution is -0.00888. The number of benzene rings is 6. The van der Waals surface area contributed by atoms with Crippen LogP contribution in [0.4, 0.5) is 8.78 Å². The van der Waals surface area contributed by atoms with Gasteiger partial charge in [0.05, 0.1) is 22.2 Å².